The van der Waals surface area contributed by atoms with Crippen molar-refractivity contribution in [2.24, 2.45) is 5.73 Å². The van der Waals surface area contributed by atoms with E-state index in [1.807, 2.05) is 0 Å². The van der Waals surface area contributed by atoms with Crippen molar-refractivity contribution in [3.63, 3.8) is 0 Å². The number of nitrogens with zero attached hydrogens (tertiary/aromatic N) is 1. The summed E-state index contributed by atoms with van der Waals surface area (Å²) in [5.41, 5.74) is 1.12. The Kier molecular flexibility index (Phi) is 6.41. The zero-order chi connectivity index (χ0) is 20.4. The number of ether oxygens (including phenoxy) is 2. The lowest BCUT2D eigenvalue weighted by atomic mass is 10.2. The predicted octanol–water partition coefficient (Wildman–Crippen LogP) is -1.36. The first-order valence-corrected chi connectivity index (χ1v) is 7.88. The van der Waals surface area contributed by atoms with Crippen LogP contribution in [0.2, 0.25) is 0 Å². The van der Waals surface area contributed by atoms with E-state index in [-0.39, 0.29) is 19.8 Å². The van der Waals surface area contributed by atoms with E-state index >= 15 is 0 Å². The van der Waals surface area contributed by atoms with Crippen LogP contribution < -0.4 is 22.3 Å². The molecule has 27 heavy (non-hydrogen) atoms. The second-order valence-corrected chi connectivity index (χ2v) is 5.98. The number of nitrogens with two attached hydrogens (primary N) is 1. The fourth-order valence-corrected chi connectivity index (χ4v) is 2.40. The summed E-state index contributed by atoms with van der Waals surface area (Å²) >= 11 is 0. The molecule has 4 atom stereocenters. The van der Waals surface area contributed by atoms with Gasteiger partial charge in [-0.3, -0.25) is 19.1 Å². The predicted molar refractivity (Wildman–Crippen MR) is 83.5 cm³/mol. The summed E-state index contributed by atoms with van der Waals surface area (Å²) in [5.74, 6) is -0.458. The molecule has 2 heterocycles. The largest absolute Gasteiger partial charge is 0.423 e. The Balaban J connectivity index is 2.03. The van der Waals surface area contributed by atoms with Gasteiger partial charge < -0.3 is 25.6 Å². The third-order valence-corrected chi connectivity index (χ3v) is 3.83. The maximum atomic E-state index is 12.8. The molecule has 0 aromatic carbocycles. The van der Waals surface area contributed by atoms with Gasteiger partial charge in [0.1, 0.15) is 24.6 Å². The molecule has 13 heteroatoms. The minimum atomic E-state index is -4.96. The van der Waals surface area contributed by atoms with Crippen molar-refractivity contribution in [3.8, 4) is 0 Å². The molecule has 1 saturated heterocycles. The zero-order valence-electron chi connectivity index (χ0n) is 14.2. The molecule has 1 aliphatic rings. The van der Waals surface area contributed by atoms with Crippen molar-refractivity contribution in [2.75, 3.05) is 13.3 Å². The van der Waals surface area contributed by atoms with Crippen LogP contribution in [-0.2, 0) is 20.4 Å². The van der Waals surface area contributed by atoms with Crippen molar-refractivity contribution >= 4 is 5.91 Å². The number of H-pyrrole nitrogens is 1. The van der Waals surface area contributed by atoms with Crippen molar-refractivity contribution in [1.29, 1.82) is 0 Å². The molecule has 0 unspecified atom stereocenters. The van der Waals surface area contributed by atoms with E-state index in [0.717, 1.165) is 0 Å². The van der Waals surface area contributed by atoms with Gasteiger partial charge in [0.2, 0.25) is 5.91 Å². The Bertz CT molecular complexity index is 790. The summed E-state index contributed by atoms with van der Waals surface area (Å²) in [5, 5.41) is 12.3. The molecule has 1 aromatic heterocycles. The van der Waals surface area contributed by atoms with Gasteiger partial charge in [0.15, 0.2) is 0 Å². The lowest BCUT2D eigenvalue weighted by Gasteiger charge is -2.17. The van der Waals surface area contributed by atoms with E-state index in [1.54, 1.807) is 4.98 Å². The average molecular weight is 396 g/mol. The van der Waals surface area contributed by atoms with E-state index in [0.29, 0.717) is 10.8 Å². The lowest BCUT2D eigenvalue weighted by molar-refractivity contribution is -0.139. The van der Waals surface area contributed by atoms with Crippen LogP contribution in [0, 0.1) is 0 Å². The third kappa shape index (κ3) is 5.15. The summed E-state index contributed by atoms with van der Waals surface area (Å²) in [6, 6.07) is -0.735. The van der Waals surface area contributed by atoms with Crippen LogP contribution in [0.25, 0.3) is 0 Å². The van der Waals surface area contributed by atoms with Crippen LogP contribution >= 0.6 is 0 Å². The van der Waals surface area contributed by atoms with Gasteiger partial charge in [-0.1, -0.05) is 0 Å². The number of amides is 1. The number of carbonyl (C=O) groups is 1. The highest BCUT2D eigenvalue weighted by atomic mass is 19.4. The highest BCUT2D eigenvalue weighted by molar-refractivity contribution is 5.80. The maximum Gasteiger partial charge on any atom is 0.423 e. The molecule has 1 aliphatic heterocycles. The van der Waals surface area contributed by atoms with Gasteiger partial charge in [-0.25, -0.2) is 4.79 Å². The Labute approximate surface area is 150 Å². The number of hydrogen-bond acceptors (Lipinski definition) is 7. The summed E-state index contributed by atoms with van der Waals surface area (Å²) in [4.78, 5) is 36.0. The van der Waals surface area contributed by atoms with E-state index in [4.69, 9.17) is 15.2 Å². The Hall–Kier alpha value is -2.22. The molecular formula is C14H19F3N4O6. The van der Waals surface area contributed by atoms with Crippen molar-refractivity contribution in [2.45, 2.75) is 44.0 Å². The first kappa shape index (κ1) is 21.1. The number of aliphatic hydroxyl groups excluding tert-OH is 1. The number of hydrogen-bond donors (Lipinski definition) is 4. The van der Waals surface area contributed by atoms with E-state index in [1.165, 1.54) is 6.92 Å². The van der Waals surface area contributed by atoms with Crippen LogP contribution in [0.5, 0.6) is 0 Å². The third-order valence-electron chi connectivity index (χ3n) is 3.83. The molecular weight excluding hydrogens is 377 g/mol. The Morgan fingerprint density at radius 3 is 2.81 bits per heavy atom. The quantitative estimate of drug-likeness (QED) is 0.343. The number of rotatable bonds is 6. The van der Waals surface area contributed by atoms with Gasteiger partial charge in [0, 0.05) is 12.6 Å². The molecule has 1 fully saturated rings. The average Bonchev–Trinajstić information content (AvgIpc) is 2.90. The minimum absolute atomic E-state index is 0.191. The van der Waals surface area contributed by atoms with Crippen LogP contribution in [0.1, 0.15) is 25.1 Å². The summed E-state index contributed by atoms with van der Waals surface area (Å²) in [6.45, 7) is 1.07. The van der Waals surface area contributed by atoms with Crippen LogP contribution in [0.4, 0.5) is 13.2 Å². The molecule has 5 N–H and O–H groups in total. The molecule has 1 aromatic rings. The van der Waals surface area contributed by atoms with Crippen LogP contribution in [0.3, 0.4) is 0 Å². The van der Waals surface area contributed by atoms with Gasteiger partial charge in [-0.2, -0.15) is 13.2 Å². The SMILES string of the molecule is C[C@H](N)C(=O)NCOC[C@H]1O[C@@H](n2cc(C(F)(F)F)c(=O)[nH]c2=O)C[C@@H]1O. The highest BCUT2D eigenvalue weighted by Crippen LogP contribution is 2.30. The summed E-state index contributed by atoms with van der Waals surface area (Å²) in [6.07, 6.45) is -8.10. The van der Waals surface area contributed by atoms with E-state index in [9.17, 15) is 32.7 Å². The van der Waals surface area contributed by atoms with E-state index in [2.05, 4.69) is 5.32 Å². The van der Waals surface area contributed by atoms with Gasteiger partial charge in [0.05, 0.1) is 18.8 Å². The standard InChI is InChI=1S/C14H19F3N4O6/c1-6(18)11(23)19-5-26-4-9-8(22)2-10(27-9)21-3-7(14(15,16)17)12(24)20-13(21)25/h3,6,8-10,22H,2,4-5,18H2,1H3,(H,19,23)(H,20,24,25)/t6-,8-,9+,10+/m0/s1. The van der Waals surface area contributed by atoms with Gasteiger partial charge in [-0.05, 0) is 6.92 Å². The smallest absolute Gasteiger partial charge is 0.390 e. The fraction of sp³-hybridized carbons (Fsp3) is 0.643. The first-order chi connectivity index (χ1) is 12.5. The molecule has 2 rings (SSSR count). The van der Waals surface area contributed by atoms with Gasteiger partial charge >= 0.3 is 11.9 Å². The summed E-state index contributed by atoms with van der Waals surface area (Å²) < 4.78 is 49.6. The monoisotopic (exact) mass is 396 g/mol. The molecule has 152 valence electrons. The van der Waals surface area contributed by atoms with Crippen LogP contribution in [0.15, 0.2) is 15.8 Å². The van der Waals surface area contributed by atoms with Crippen molar-refractivity contribution in [1.82, 2.24) is 14.9 Å². The summed E-state index contributed by atoms with van der Waals surface area (Å²) in [7, 11) is 0. The fourth-order valence-electron chi connectivity index (χ4n) is 2.40. The zero-order valence-corrected chi connectivity index (χ0v) is 14.2. The number of halogens is 3. The molecule has 1 amide bonds. The van der Waals surface area contributed by atoms with E-state index < -0.39 is 53.4 Å². The number of nitrogens with one attached hydrogen (secondary N) is 2. The Morgan fingerprint density at radius 2 is 2.22 bits per heavy atom. The second kappa shape index (κ2) is 8.21. The number of carbonyl (C=O) groups excluding carboxylic acids is 1. The van der Waals surface area contributed by atoms with Crippen molar-refractivity contribution in [3.05, 3.63) is 32.6 Å². The van der Waals surface area contributed by atoms with Crippen LogP contribution in [-0.4, -0.2) is 52.2 Å². The first-order valence-electron chi connectivity index (χ1n) is 7.88. The number of aromatic nitrogens is 2. The minimum Gasteiger partial charge on any atom is -0.390 e. The highest BCUT2D eigenvalue weighted by Gasteiger charge is 2.39. The topological polar surface area (TPSA) is 149 Å². The number of aromatic amines is 1. The lowest BCUT2D eigenvalue weighted by Crippen LogP contribution is -2.40. The maximum absolute atomic E-state index is 12.8. The van der Waals surface area contributed by atoms with Gasteiger partial charge in [0.25, 0.3) is 5.56 Å². The molecule has 0 aliphatic carbocycles. The normalized spacial score (nSPS) is 24.0. The molecule has 0 spiro atoms. The van der Waals surface area contributed by atoms with Crippen molar-refractivity contribution < 1.29 is 32.5 Å². The molecule has 0 radical (unpaired) electrons. The molecule has 0 saturated carbocycles. The van der Waals surface area contributed by atoms with Gasteiger partial charge in [-0.15, -0.1) is 0 Å². The number of alkyl halides is 3. The molecule has 10 nitrogen and oxygen atoms in total. The molecule has 0 bridgehead atoms. The Morgan fingerprint density at radius 1 is 1.56 bits per heavy atom. The second-order valence-electron chi connectivity index (χ2n) is 5.98. The number of aliphatic hydroxyl groups is 1.